The molecule has 1 aromatic heterocycles. The van der Waals surface area contributed by atoms with Crippen molar-refractivity contribution in [3.05, 3.63) is 78.1 Å². The van der Waals surface area contributed by atoms with Crippen LogP contribution in [0.3, 0.4) is 0 Å². The Labute approximate surface area is 166 Å². The Morgan fingerprint density at radius 3 is 2.68 bits per heavy atom. The number of anilines is 2. The molecule has 28 heavy (non-hydrogen) atoms. The third-order valence-electron chi connectivity index (χ3n) is 5.38. The van der Waals surface area contributed by atoms with Crippen LogP contribution in [0.15, 0.2) is 67.0 Å². The van der Waals surface area contributed by atoms with E-state index in [1.54, 1.807) is 0 Å². The molecule has 4 heteroatoms. The molecule has 0 N–H and O–H groups in total. The van der Waals surface area contributed by atoms with Gasteiger partial charge in [0.25, 0.3) is 5.91 Å². The molecule has 0 spiro atoms. The van der Waals surface area contributed by atoms with Gasteiger partial charge in [-0.25, -0.2) is 0 Å². The predicted octanol–water partition coefficient (Wildman–Crippen LogP) is 5.27. The molecule has 0 saturated carbocycles. The van der Waals surface area contributed by atoms with E-state index < -0.39 is 0 Å². The van der Waals surface area contributed by atoms with Crippen LogP contribution in [0.4, 0.5) is 11.4 Å². The van der Waals surface area contributed by atoms with Crippen molar-refractivity contribution in [3.8, 4) is 11.1 Å². The molecule has 4 rings (SSSR count). The van der Waals surface area contributed by atoms with Gasteiger partial charge in [0.15, 0.2) is 0 Å². The first kappa shape index (κ1) is 18.2. The van der Waals surface area contributed by atoms with Gasteiger partial charge in [-0.3, -0.25) is 9.78 Å². The highest BCUT2D eigenvalue weighted by atomic mass is 16.2. The Hall–Kier alpha value is -3.14. The number of nitrogens with zero attached hydrogens (tertiary/aromatic N) is 3. The molecule has 142 valence electrons. The summed E-state index contributed by atoms with van der Waals surface area (Å²) in [5, 5.41) is 0. The van der Waals surface area contributed by atoms with Crippen molar-refractivity contribution in [1.29, 1.82) is 0 Å². The molecule has 0 aliphatic carbocycles. The number of fused-ring (bicyclic) bond motifs is 1. The van der Waals surface area contributed by atoms with Crippen LogP contribution in [0.5, 0.6) is 0 Å². The SMILES string of the molecule is CCCCN1Cc2cc(N(C)c3cnccc3-c3ccccc3)ccc2C1=O. The topological polar surface area (TPSA) is 36.4 Å². The average molecular weight is 371 g/mol. The number of carbonyl (C=O) groups is 1. The molecule has 3 aromatic rings. The lowest BCUT2D eigenvalue weighted by atomic mass is 10.0. The first-order valence-electron chi connectivity index (χ1n) is 9.84. The van der Waals surface area contributed by atoms with Crippen molar-refractivity contribution >= 4 is 17.3 Å². The van der Waals surface area contributed by atoms with Gasteiger partial charge in [-0.2, -0.15) is 0 Å². The molecule has 0 saturated heterocycles. The van der Waals surface area contributed by atoms with Crippen LogP contribution in [0, 0.1) is 0 Å². The van der Waals surface area contributed by atoms with Gasteiger partial charge in [0.2, 0.25) is 0 Å². The van der Waals surface area contributed by atoms with Crippen LogP contribution < -0.4 is 4.90 Å². The summed E-state index contributed by atoms with van der Waals surface area (Å²) < 4.78 is 0. The van der Waals surface area contributed by atoms with E-state index in [-0.39, 0.29) is 5.91 Å². The fraction of sp³-hybridized carbons (Fsp3) is 0.250. The molecule has 0 fully saturated rings. The minimum Gasteiger partial charge on any atom is -0.343 e. The summed E-state index contributed by atoms with van der Waals surface area (Å²) in [6, 6.07) is 18.5. The monoisotopic (exact) mass is 371 g/mol. The zero-order chi connectivity index (χ0) is 19.5. The Balaban J connectivity index is 1.65. The number of aromatic nitrogens is 1. The van der Waals surface area contributed by atoms with Crippen molar-refractivity contribution in [1.82, 2.24) is 9.88 Å². The van der Waals surface area contributed by atoms with Crippen LogP contribution in [0.1, 0.15) is 35.7 Å². The third-order valence-corrected chi connectivity index (χ3v) is 5.38. The van der Waals surface area contributed by atoms with E-state index in [1.807, 2.05) is 53.7 Å². The van der Waals surface area contributed by atoms with E-state index >= 15 is 0 Å². The third kappa shape index (κ3) is 3.38. The Kier molecular flexibility index (Phi) is 5.11. The highest BCUT2D eigenvalue weighted by molar-refractivity contribution is 5.99. The Morgan fingerprint density at radius 1 is 1.07 bits per heavy atom. The van der Waals surface area contributed by atoms with E-state index in [1.165, 1.54) is 0 Å². The predicted molar refractivity (Wildman–Crippen MR) is 114 cm³/mol. The normalized spacial score (nSPS) is 12.9. The van der Waals surface area contributed by atoms with Crippen molar-refractivity contribution in [2.24, 2.45) is 0 Å². The minimum atomic E-state index is 0.156. The molecule has 1 amide bonds. The number of hydrogen-bond acceptors (Lipinski definition) is 3. The maximum atomic E-state index is 12.6. The zero-order valence-electron chi connectivity index (χ0n) is 16.4. The van der Waals surface area contributed by atoms with Gasteiger partial charge in [-0.15, -0.1) is 0 Å². The summed E-state index contributed by atoms with van der Waals surface area (Å²) in [6.07, 6.45) is 5.86. The number of pyridine rings is 1. The fourth-order valence-electron chi connectivity index (χ4n) is 3.76. The number of rotatable bonds is 6. The van der Waals surface area contributed by atoms with Gasteiger partial charge < -0.3 is 9.80 Å². The van der Waals surface area contributed by atoms with Crippen molar-refractivity contribution < 1.29 is 4.79 Å². The summed E-state index contributed by atoms with van der Waals surface area (Å²) >= 11 is 0. The largest absolute Gasteiger partial charge is 0.343 e. The number of amides is 1. The molecule has 0 unspecified atom stereocenters. The van der Waals surface area contributed by atoms with Crippen LogP contribution in [0.2, 0.25) is 0 Å². The molecule has 1 aliphatic heterocycles. The first-order chi connectivity index (χ1) is 13.7. The highest BCUT2D eigenvalue weighted by Gasteiger charge is 2.27. The molecule has 2 aromatic carbocycles. The van der Waals surface area contributed by atoms with Gasteiger partial charge in [-0.05, 0) is 41.8 Å². The molecule has 0 bridgehead atoms. The minimum absolute atomic E-state index is 0.156. The van der Waals surface area contributed by atoms with Crippen LogP contribution in [-0.2, 0) is 6.54 Å². The molecule has 0 atom stereocenters. The molecule has 0 radical (unpaired) electrons. The van der Waals surface area contributed by atoms with E-state index in [0.29, 0.717) is 6.54 Å². The Morgan fingerprint density at radius 2 is 1.89 bits per heavy atom. The number of hydrogen-bond donors (Lipinski definition) is 0. The molecule has 4 nitrogen and oxygen atoms in total. The van der Waals surface area contributed by atoms with Gasteiger partial charge in [-0.1, -0.05) is 43.7 Å². The summed E-state index contributed by atoms with van der Waals surface area (Å²) in [4.78, 5) is 21.0. The lowest BCUT2D eigenvalue weighted by Crippen LogP contribution is -2.24. The maximum Gasteiger partial charge on any atom is 0.254 e. The van der Waals surface area contributed by atoms with Gasteiger partial charge in [0, 0.05) is 43.1 Å². The van der Waals surface area contributed by atoms with Gasteiger partial charge in [0.05, 0.1) is 11.9 Å². The second-order valence-electron chi connectivity index (χ2n) is 7.24. The van der Waals surface area contributed by atoms with Gasteiger partial charge in [0.1, 0.15) is 0 Å². The van der Waals surface area contributed by atoms with E-state index in [9.17, 15) is 4.79 Å². The van der Waals surface area contributed by atoms with E-state index in [0.717, 1.165) is 53.0 Å². The van der Waals surface area contributed by atoms with Crippen molar-refractivity contribution in [3.63, 3.8) is 0 Å². The van der Waals surface area contributed by atoms with Crippen LogP contribution in [0.25, 0.3) is 11.1 Å². The zero-order valence-corrected chi connectivity index (χ0v) is 16.4. The number of carbonyl (C=O) groups excluding carboxylic acids is 1. The summed E-state index contributed by atoms with van der Waals surface area (Å²) in [5.74, 6) is 0.156. The molecular weight excluding hydrogens is 346 g/mol. The second-order valence-corrected chi connectivity index (χ2v) is 7.24. The standard InChI is InChI=1S/C24H25N3O/c1-3-4-14-27-17-19-15-20(10-11-22(19)24(27)28)26(2)23-16-25-13-12-21(23)18-8-6-5-7-9-18/h5-13,15-16H,3-4,14,17H2,1-2H3. The van der Waals surface area contributed by atoms with Crippen molar-refractivity contribution in [2.45, 2.75) is 26.3 Å². The fourth-order valence-corrected chi connectivity index (χ4v) is 3.76. The summed E-state index contributed by atoms with van der Waals surface area (Å²) in [5.41, 5.74) is 6.35. The molecular formula is C24H25N3O. The first-order valence-corrected chi connectivity index (χ1v) is 9.84. The Bertz CT molecular complexity index is 984. The summed E-state index contributed by atoms with van der Waals surface area (Å²) in [6.45, 7) is 3.68. The lowest BCUT2D eigenvalue weighted by Gasteiger charge is -2.23. The second kappa shape index (κ2) is 7.85. The number of unbranched alkanes of at least 4 members (excludes halogenated alkanes) is 1. The smallest absolute Gasteiger partial charge is 0.254 e. The molecule has 2 heterocycles. The number of benzene rings is 2. The quantitative estimate of drug-likeness (QED) is 0.592. The van der Waals surface area contributed by atoms with Crippen LogP contribution >= 0.6 is 0 Å². The maximum absolute atomic E-state index is 12.6. The van der Waals surface area contributed by atoms with Crippen LogP contribution in [-0.4, -0.2) is 29.4 Å². The van der Waals surface area contributed by atoms with Crippen molar-refractivity contribution in [2.75, 3.05) is 18.5 Å². The molecule has 1 aliphatic rings. The lowest BCUT2D eigenvalue weighted by molar-refractivity contribution is 0.0776. The van der Waals surface area contributed by atoms with E-state index in [4.69, 9.17) is 0 Å². The highest BCUT2D eigenvalue weighted by Crippen LogP contribution is 2.35. The van der Waals surface area contributed by atoms with E-state index in [2.05, 4.69) is 42.1 Å². The average Bonchev–Trinajstić information content (AvgIpc) is 3.07. The van der Waals surface area contributed by atoms with Gasteiger partial charge >= 0.3 is 0 Å². The summed E-state index contributed by atoms with van der Waals surface area (Å²) in [7, 11) is 2.05.